The van der Waals surface area contributed by atoms with Crippen molar-refractivity contribution >= 4 is 21.8 Å². The van der Waals surface area contributed by atoms with Gasteiger partial charge in [-0.05, 0) is 63.1 Å². The van der Waals surface area contributed by atoms with E-state index < -0.39 is 0 Å². The lowest BCUT2D eigenvalue weighted by Crippen LogP contribution is -2.30. The van der Waals surface area contributed by atoms with Crippen LogP contribution < -0.4 is 15.8 Å². The third-order valence-electron chi connectivity index (χ3n) is 4.94. The number of allylic oxidation sites excluding steroid dienone is 1. The summed E-state index contributed by atoms with van der Waals surface area (Å²) in [5.74, 6) is 0.998. The van der Waals surface area contributed by atoms with E-state index in [-0.39, 0.29) is 5.84 Å². The van der Waals surface area contributed by atoms with Gasteiger partial charge >= 0.3 is 0 Å². The van der Waals surface area contributed by atoms with E-state index in [1.807, 2.05) is 24.3 Å². The summed E-state index contributed by atoms with van der Waals surface area (Å²) in [6, 6.07) is 16.0. The fourth-order valence-electron chi connectivity index (χ4n) is 3.06. The number of hydrogen-bond donors (Lipinski definition) is 3. The summed E-state index contributed by atoms with van der Waals surface area (Å²) >= 11 is 3.28. The molecule has 2 rings (SSSR count). The zero-order chi connectivity index (χ0) is 24.8. The maximum atomic E-state index is 7.07. The Hall–Kier alpha value is -2.35. The van der Waals surface area contributed by atoms with Crippen molar-refractivity contribution in [3.8, 4) is 5.75 Å². The molecule has 0 amide bonds. The van der Waals surface area contributed by atoms with Crippen molar-refractivity contribution in [3.63, 3.8) is 0 Å². The van der Waals surface area contributed by atoms with E-state index in [4.69, 9.17) is 20.6 Å². The van der Waals surface area contributed by atoms with Crippen LogP contribution in [-0.2, 0) is 11.3 Å². The van der Waals surface area contributed by atoms with Crippen molar-refractivity contribution in [2.45, 2.75) is 40.3 Å². The summed E-state index contributed by atoms with van der Waals surface area (Å²) in [5.41, 5.74) is 9.89. The van der Waals surface area contributed by atoms with Gasteiger partial charge in [0.05, 0.1) is 13.7 Å². The Kier molecular flexibility index (Phi) is 13.5. The number of nitrogen functional groups attached to an aromatic ring is 1. The molecule has 0 unspecified atom stereocenters. The number of halogens is 1. The van der Waals surface area contributed by atoms with E-state index in [0.29, 0.717) is 6.04 Å². The minimum Gasteiger partial charge on any atom is -0.497 e. The largest absolute Gasteiger partial charge is 0.497 e. The Balaban J connectivity index is 0.000000451. The highest BCUT2D eigenvalue weighted by Gasteiger charge is 2.09. The molecule has 0 atom stereocenters. The molecule has 7 heteroatoms. The van der Waals surface area contributed by atoms with Gasteiger partial charge < -0.3 is 20.5 Å². The number of amidine groups is 1. The number of nitrogens with two attached hydrogens (primary N) is 1. The molecule has 33 heavy (non-hydrogen) atoms. The van der Waals surface area contributed by atoms with Gasteiger partial charge in [-0.2, -0.15) is 0 Å². The van der Waals surface area contributed by atoms with E-state index in [0.717, 1.165) is 42.0 Å². The summed E-state index contributed by atoms with van der Waals surface area (Å²) < 4.78 is 11.5. The Morgan fingerprint density at radius 3 is 2.15 bits per heavy atom. The zero-order valence-corrected chi connectivity index (χ0v) is 22.3. The molecule has 0 aliphatic rings. The van der Waals surface area contributed by atoms with Gasteiger partial charge in [0.2, 0.25) is 0 Å². The summed E-state index contributed by atoms with van der Waals surface area (Å²) in [6.45, 7) is 12.2. The smallest absolute Gasteiger partial charge is 0.122 e. The maximum absolute atomic E-state index is 7.07. The third kappa shape index (κ3) is 11.9. The van der Waals surface area contributed by atoms with Crippen molar-refractivity contribution in [3.05, 3.63) is 75.4 Å². The predicted molar refractivity (Wildman–Crippen MR) is 142 cm³/mol. The van der Waals surface area contributed by atoms with Gasteiger partial charge in [0, 0.05) is 48.5 Å². The van der Waals surface area contributed by atoms with Gasteiger partial charge in [-0.15, -0.1) is 0 Å². The average molecular weight is 520 g/mol. The fourth-order valence-corrected chi connectivity index (χ4v) is 3.33. The van der Waals surface area contributed by atoms with E-state index in [1.165, 1.54) is 16.8 Å². The van der Waals surface area contributed by atoms with Crippen molar-refractivity contribution in [2.24, 2.45) is 5.73 Å². The number of benzene rings is 2. The Labute approximate surface area is 207 Å². The molecular weight excluding hydrogens is 480 g/mol. The van der Waals surface area contributed by atoms with E-state index in [1.54, 1.807) is 26.4 Å². The highest BCUT2D eigenvalue weighted by atomic mass is 79.9. The standard InChI is InChI=1S/C19H32N2O2.C7H7BrN2/c1-15(2)20-17(4)16(3)13-21(11-12-22-5)14-18-7-9-19(23-6)10-8-18;8-6-3-1-5(2-4-6)7(9)10/h7-10,15,20H,11-14H2,1-6H3;1-4H,(H3,9,10)/b17-16+;. The van der Waals surface area contributed by atoms with Gasteiger partial charge in [-0.25, -0.2) is 0 Å². The molecule has 0 aliphatic carbocycles. The van der Waals surface area contributed by atoms with E-state index >= 15 is 0 Å². The highest BCUT2D eigenvalue weighted by molar-refractivity contribution is 9.10. The van der Waals surface area contributed by atoms with Crippen LogP contribution in [0.4, 0.5) is 0 Å². The lowest BCUT2D eigenvalue weighted by atomic mass is 10.1. The Morgan fingerprint density at radius 1 is 1.06 bits per heavy atom. The fraction of sp³-hybridized carbons (Fsp3) is 0.423. The average Bonchev–Trinajstić information content (AvgIpc) is 2.78. The van der Waals surface area contributed by atoms with Crippen LogP contribution in [-0.4, -0.2) is 50.7 Å². The molecule has 2 aromatic carbocycles. The molecule has 0 aromatic heterocycles. The zero-order valence-electron chi connectivity index (χ0n) is 20.7. The van der Waals surface area contributed by atoms with Crippen molar-refractivity contribution in [1.82, 2.24) is 10.2 Å². The lowest BCUT2D eigenvalue weighted by Gasteiger charge is -2.24. The van der Waals surface area contributed by atoms with Crippen LogP contribution in [0.25, 0.3) is 0 Å². The molecule has 0 fully saturated rings. The predicted octanol–water partition coefficient (Wildman–Crippen LogP) is 5.17. The first kappa shape index (κ1) is 28.7. The molecule has 0 saturated carbocycles. The number of methoxy groups -OCH3 is 2. The number of ether oxygens (including phenoxy) is 2. The van der Waals surface area contributed by atoms with Crippen LogP contribution in [0, 0.1) is 5.41 Å². The van der Waals surface area contributed by atoms with Gasteiger partial charge in [0.15, 0.2) is 0 Å². The van der Waals surface area contributed by atoms with Crippen molar-refractivity contribution in [2.75, 3.05) is 33.9 Å². The first-order valence-corrected chi connectivity index (χ1v) is 11.8. The summed E-state index contributed by atoms with van der Waals surface area (Å²) in [5, 5.41) is 10.6. The molecular formula is C26H39BrN4O2. The molecule has 2 aromatic rings. The molecule has 0 radical (unpaired) electrons. The van der Waals surface area contributed by atoms with Crippen LogP contribution in [0.5, 0.6) is 5.75 Å². The summed E-state index contributed by atoms with van der Waals surface area (Å²) in [6.07, 6.45) is 0. The van der Waals surface area contributed by atoms with E-state index in [2.05, 4.69) is 66.0 Å². The molecule has 0 spiro atoms. The number of nitrogens with one attached hydrogen (secondary N) is 2. The number of nitrogens with zero attached hydrogens (tertiary/aromatic N) is 1. The maximum Gasteiger partial charge on any atom is 0.122 e. The quantitative estimate of drug-likeness (QED) is 0.282. The Bertz CT molecular complexity index is 865. The van der Waals surface area contributed by atoms with E-state index in [9.17, 15) is 0 Å². The van der Waals surface area contributed by atoms with Crippen LogP contribution in [0.3, 0.4) is 0 Å². The summed E-state index contributed by atoms with van der Waals surface area (Å²) in [4.78, 5) is 2.41. The van der Waals surface area contributed by atoms with Gasteiger partial charge in [0.1, 0.15) is 11.6 Å². The minimum atomic E-state index is 0.104. The van der Waals surface area contributed by atoms with Crippen LogP contribution in [0.2, 0.25) is 0 Å². The van der Waals surface area contributed by atoms with Crippen molar-refractivity contribution < 1.29 is 9.47 Å². The topological polar surface area (TPSA) is 83.6 Å². The van der Waals surface area contributed by atoms with Gasteiger partial charge in [-0.3, -0.25) is 10.3 Å². The van der Waals surface area contributed by atoms with Crippen LogP contribution in [0.1, 0.15) is 38.8 Å². The monoisotopic (exact) mass is 518 g/mol. The Morgan fingerprint density at radius 2 is 1.67 bits per heavy atom. The second kappa shape index (κ2) is 15.5. The molecule has 0 bridgehead atoms. The second-order valence-corrected chi connectivity index (χ2v) is 9.09. The van der Waals surface area contributed by atoms with Gasteiger partial charge in [0.25, 0.3) is 0 Å². The molecule has 182 valence electrons. The first-order valence-electron chi connectivity index (χ1n) is 11.0. The van der Waals surface area contributed by atoms with Crippen molar-refractivity contribution in [1.29, 1.82) is 5.41 Å². The highest BCUT2D eigenvalue weighted by Crippen LogP contribution is 2.14. The molecule has 4 N–H and O–H groups in total. The normalized spacial score (nSPS) is 11.5. The molecule has 0 saturated heterocycles. The molecule has 0 heterocycles. The van der Waals surface area contributed by atoms with Crippen LogP contribution in [0.15, 0.2) is 64.3 Å². The summed E-state index contributed by atoms with van der Waals surface area (Å²) in [7, 11) is 3.44. The molecule has 6 nitrogen and oxygen atoms in total. The first-order chi connectivity index (χ1) is 15.7. The number of hydrogen-bond acceptors (Lipinski definition) is 5. The minimum absolute atomic E-state index is 0.104. The molecule has 0 aliphatic heterocycles. The number of rotatable bonds is 11. The SMILES string of the molecule is COCCN(C/C(C)=C(\C)NC(C)C)Cc1ccc(OC)cc1.N=C(N)c1ccc(Br)cc1. The van der Waals surface area contributed by atoms with Gasteiger partial charge in [-0.1, -0.05) is 40.2 Å². The van der Waals surface area contributed by atoms with Crippen LogP contribution >= 0.6 is 15.9 Å². The third-order valence-corrected chi connectivity index (χ3v) is 5.47. The lowest BCUT2D eigenvalue weighted by molar-refractivity contribution is 0.149. The second-order valence-electron chi connectivity index (χ2n) is 8.18.